The predicted octanol–water partition coefficient (Wildman–Crippen LogP) is 4.46. The van der Waals surface area contributed by atoms with Crippen LogP contribution in [0.2, 0.25) is 10.0 Å². The highest BCUT2D eigenvalue weighted by molar-refractivity contribution is 6.35. The second-order valence-electron chi connectivity index (χ2n) is 5.29. The average molecular weight is 378 g/mol. The molecule has 1 aromatic heterocycles. The third kappa shape index (κ3) is 3.21. The summed E-state index contributed by atoms with van der Waals surface area (Å²) in [4.78, 5) is 26.6. The maximum Gasteiger partial charge on any atom is 0.340 e. The van der Waals surface area contributed by atoms with Crippen LogP contribution in [0.15, 0.2) is 57.9 Å². The fraction of sp³-hybridized carbons (Fsp3) is 0.111. The summed E-state index contributed by atoms with van der Waals surface area (Å²) >= 11 is 12.1. The molecule has 25 heavy (non-hydrogen) atoms. The van der Waals surface area contributed by atoms with Crippen molar-refractivity contribution >= 4 is 46.8 Å². The number of carbonyl (C=O) groups is 2. The van der Waals surface area contributed by atoms with E-state index in [1.807, 2.05) is 0 Å². The molecule has 0 spiro atoms. The number of benzene rings is 1. The Labute approximate surface area is 154 Å². The molecule has 1 aliphatic heterocycles. The lowest BCUT2D eigenvalue weighted by Gasteiger charge is -2.18. The lowest BCUT2D eigenvalue weighted by Crippen LogP contribution is -2.24. The molecule has 0 saturated heterocycles. The van der Waals surface area contributed by atoms with Crippen LogP contribution in [0.1, 0.15) is 12.7 Å². The van der Waals surface area contributed by atoms with E-state index in [1.165, 1.54) is 24.3 Å². The highest BCUT2D eigenvalue weighted by atomic mass is 35.5. The van der Waals surface area contributed by atoms with Crippen LogP contribution in [-0.2, 0) is 14.3 Å². The van der Waals surface area contributed by atoms with Gasteiger partial charge in [0.2, 0.25) is 0 Å². The standard InChI is InChI=1S/C18H13Cl2NO4/c1-10-16(18(23)24-2)15(9-14-4-3-5-25-14)17(22)21(10)13-7-11(19)6-12(20)8-13/h3-9H,1-2H3/b15-9-. The summed E-state index contributed by atoms with van der Waals surface area (Å²) in [7, 11) is 1.26. The molecular weight excluding hydrogens is 365 g/mol. The molecule has 1 aliphatic rings. The second-order valence-corrected chi connectivity index (χ2v) is 6.17. The van der Waals surface area contributed by atoms with E-state index in [1.54, 1.807) is 37.3 Å². The quantitative estimate of drug-likeness (QED) is 0.584. The molecule has 0 unspecified atom stereocenters. The molecule has 0 saturated carbocycles. The first-order valence-corrected chi connectivity index (χ1v) is 8.03. The minimum absolute atomic E-state index is 0.167. The maximum absolute atomic E-state index is 13.0. The van der Waals surface area contributed by atoms with Gasteiger partial charge in [0.1, 0.15) is 5.76 Å². The van der Waals surface area contributed by atoms with Gasteiger partial charge in [-0.15, -0.1) is 0 Å². The van der Waals surface area contributed by atoms with Gasteiger partial charge in [0, 0.05) is 15.7 Å². The third-order valence-electron chi connectivity index (χ3n) is 3.72. The number of esters is 1. The number of amides is 1. The van der Waals surface area contributed by atoms with Crippen LogP contribution in [0.25, 0.3) is 6.08 Å². The molecule has 0 N–H and O–H groups in total. The summed E-state index contributed by atoms with van der Waals surface area (Å²) in [5, 5.41) is 0.761. The van der Waals surface area contributed by atoms with Crippen LogP contribution in [0.5, 0.6) is 0 Å². The Morgan fingerprint density at radius 3 is 2.48 bits per heavy atom. The van der Waals surface area contributed by atoms with Crippen molar-refractivity contribution in [3.8, 4) is 0 Å². The molecule has 1 aromatic carbocycles. The van der Waals surface area contributed by atoms with Crippen molar-refractivity contribution in [1.29, 1.82) is 0 Å². The van der Waals surface area contributed by atoms with Gasteiger partial charge in [-0.05, 0) is 43.3 Å². The first-order chi connectivity index (χ1) is 11.9. The number of anilines is 1. The van der Waals surface area contributed by atoms with Crippen molar-refractivity contribution in [1.82, 2.24) is 0 Å². The van der Waals surface area contributed by atoms with Crippen LogP contribution in [0.4, 0.5) is 5.69 Å². The van der Waals surface area contributed by atoms with Gasteiger partial charge in [0.05, 0.1) is 30.2 Å². The number of hydrogen-bond donors (Lipinski definition) is 0. The van der Waals surface area contributed by atoms with Crippen LogP contribution < -0.4 is 4.90 Å². The first-order valence-electron chi connectivity index (χ1n) is 7.27. The van der Waals surface area contributed by atoms with Crippen LogP contribution in [-0.4, -0.2) is 19.0 Å². The Kier molecular flexibility index (Phi) is 4.70. The molecule has 0 fully saturated rings. The van der Waals surface area contributed by atoms with Crippen molar-refractivity contribution in [2.45, 2.75) is 6.92 Å². The van der Waals surface area contributed by atoms with Crippen molar-refractivity contribution in [3.63, 3.8) is 0 Å². The zero-order valence-electron chi connectivity index (χ0n) is 13.4. The van der Waals surface area contributed by atoms with E-state index in [9.17, 15) is 9.59 Å². The minimum atomic E-state index is -0.612. The summed E-state index contributed by atoms with van der Waals surface area (Å²) in [6, 6.07) is 8.13. The SMILES string of the molecule is COC(=O)C1=C(C)N(c2cc(Cl)cc(Cl)c2)C(=O)/C1=C\c1ccco1. The Balaban J connectivity index is 2.16. The summed E-state index contributed by atoms with van der Waals surface area (Å²) in [6.07, 6.45) is 2.99. The van der Waals surface area contributed by atoms with Gasteiger partial charge in [0.15, 0.2) is 0 Å². The molecule has 2 aromatic rings. The van der Waals surface area contributed by atoms with Gasteiger partial charge in [-0.3, -0.25) is 9.69 Å². The Bertz CT molecular complexity index is 893. The Hall–Kier alpha value is -2.50. The first kappa shape index (κ1) is 17.3. The minimum Gasteiger partial charge on any atom is -0.465 e. The molecule has 128 valence electrons. The number of allylic oxidation sites excluding steroid dienone is 1. The second kappa shape index (κ2) is 6.78. The Morgan fingerprint density at radius 1 is 1.24 bits per heavy atom. The number of methoxy groups -OCH3 is 1. The van der Waals surface area contributed by atoms with Crippen molar-refractivity contribution in [2.75, 3.05) is 12.0 Å². The van der Waals surface area contributed by atoms with Crippen molar-refractivity contribution < 1.29 is 18.7 Å². The molecular formula is C18H13Cl2NO4. The molecule has 5 nitrogen and oxygen atoms in total. The lowest BCUT2D eigenvalue weighted by atomic mass is 10.1. The monoisotopic (exact) mass is 377 g/mol. The van der Waals surface area contributed by atoms with E-state index >= 15 is 0 Å². The van der Waals surface area contributed by atoms with Crippen LogP contribution >= 0.6 is 23.2 Å². The number of furan rings is 1. The average Bonchev–Trinajstić information content (AvgIpc) is 3.13. The van der Waals surface area contributed by atoms with E-state index in [4.69, 9.17) is 32.4 Å². The molecule has 2 heterocycles. The molecule has 0 bridgehead atoms. The molecule has 0 atom stereocenters. The number of hydrogen-bond acceptors (Lipinski definition) is 4. The smallest absolute Gasteiger partial charge is 0.340 e. The molecule has 0 aliphatic carbocycles. The zero-order valence-corrected chi connectivity index (χ0v) is 14.9. The highest BCUT2D eigenvalue weighted by Crippen LogP contribution is 2.37. The van der Waals surface area contributed by atoms with E-state index in [0.29, 0.717) is 27.2 Å². The van der Waals surface area contributed by atoms with Gasteiger partial charge in [-0.1, -0.05) is 23.2 Å². The number of rotatable bonds is 3. The van der Waals surface area contributed by atoms with Gasteiger partial charge >= 0.3 is 5.97 Å². The number of nitrogens with zero attached hydrogens (tertiary/aromatic N) is 1. The molecule has 0 radical (unpaired) electrons. The van der Waals surface area contributed by atoms with Crippen molar-refractivity contribution in [3.05, 3.63) is 69.2 Å². The molecule has 7 heteroatoms. The van der Waals surface area contributed by atoms with Gasteiger partial charge in [-0.2, -0.15) is 0 Å². The summed E-state index contributed by atoms with van der Waals surface area (Å²) in [6.45, 7) is 1.65. The van der Waals surface area contributed by atoms with E-state index in [2.05, 4.69) is 0 Å². The van der Waals surface area contributed by atoms with E-state index in [-0.39, 0.29) is 11.1 Å². The predicted molar refractivity (Wildman–Crippen MR) is 95.3 cm³/mol. The van der Waals surface area contributed by atoms with E-state index in [0.717, 1.165) is 0 Å². The van der Waals surface area contributed by atoms with Gasteiger partial charge < -0.3 is 9.15 Å². The third-order valence-corrected chi connectivity index (χ3v) is 4.16. The fourth-order valence-corrected chi connectivity index (χ4v) is 3.19. The molecule has 3 rings (SSSR count). The summed E-state index contributed by atoms with van der Waals surface area (Å²) in [5.74, 6) is -0.560. The van der Waals surface area contributed by atoms with Crippen LogP contribution in [0, 0.1) is 0 Å². The number of halogens is 2. The topological polar surface area (TPSA) is 59.8 Å². The molecule has 1 amide bonds. The van der Waals surface area contributed by atoms with Gasteiger partial charge in [-0.25, -0.2) is 4.79 Å². The van der Waals surface area contributed by atoms with E-state index < -0.39 is 11.9 Å². The lowest BCUT2D eigenvalue weighted by molar-refractivity contribution is -0.136. The van der Waals surface area contributed by atoms with Crippen LogP contribution in [0.3, 0.4) is 0 Å². The Morgan fingerprint density at radius 2 is 1.92 bits per heavy atom. The summed E-state index contributed by atoms with van der Waals surface area (Å²) < 4.78 is 10.1. The number of carbonyl (C=O) groups excluding carboxylic acids is 2. The van der Waals surface area contributed by atoms with Crippen molar-refractivity contribution in [2.24, 2.45) is 0 Å². The summed E-state index contributed by atoms with van der Waals surface area (Å²) in [5.41, 5.74) is 1.23. The maximum atomic E-state index is 13.0. The van der Waals surface area contributed by atoms with Gasteiger partial charge in [0.25, 0.3) is 5.91 Å². The fourth-order valence-electron chi connectivity index (χ4n) is 2.67. The highest BCUT2D eigenvalue weighted by Gasteiger charge is 2.38. The zero-order chi connectivity index (χ0) is 18.1. The number of ether oxygens (including phenoxy) is 1. The largest absolute Gasteiger partial charge is 0.465 e. The normalized spacial score (nSPS) is 16.1.